The van der Waals surface area contributed by atoms with Crippen molar-refractivity contribution >= 4 is 11.4 Å². The maximum absolute atomic E-state index is 13.2. The first-order valence-electron chi connectivity index (χ1n) is 10.2. The fourth-order valence-corrected chi connectivity index (χ4v) is 4.62. The van der Waals surface area contributed by atoms with Gasteiger partial charge in [0.15, 0.2) is 5.78 Å². The highest BCUT2D eigenvalue weighted by atomic mass is 16.5. The van der Waals surface area contributed by atoms with E-state index in [-0.39, 0.29) is 17.5 Å². The Bertz CT molecular complexity index is 1080. The first-order chi connectivity index (χ1) is 14.5. The van der Waals surface area contributed by atoms with Crippen LogP contribution in [0.1, 0.15) is 41.0 Å². The Morgan fingerprint density at radius 2 is 1.73 bits per heavy atom. The molecule has 4 rings (SSSR count). The van der Waals surface area contributed by atoms with Crippen molar-refractivity contribution in [1.29, 1.82) is 0 Å². The summed E-state index contributed by atoms with van der Waals surface area (Å²) in [6.07, 6.45) is 9.77. The number of benzene rings is 2. The monoisotopic (exact) mass is 398 g/mol. The lowest BCUT2D eigenvalue weighted by atomic mass is 9.71. The highest BCUT2D eigenvalue weighted by molar-refractivity contribution is 6.23. The Morgan fingerprint density at radius 3 is 2.43 bits per heavy atom. The molecule has 30 heavy (non-hydrogen) atoms. The Balaban J connectivity index is 1.83. The zero-order valence-corrected chi connectivity index (χ0v) is 17.1. The standard InChI is InChI=1S/C27H26O3/c1-4-7-18-9-11-24(28)20(14-18)22-17-27(13-6-3)23(16-25(22)29)21-15-19(8-5-2)10-12-26(21)30-27/h4-6,9-12,14-15,17,23,28H,1-3,7-8,13,16H2/t23-,27-/m1/s1. The van der Waals surface area contributed by atoms with Crippen LogP contribution in [0, 0.1) is 0 Å². The summed E-state index contributed by atoms with van der Waals surface area (Å²) >= 11 is 0. The van der Waals surface area contributed by atoms with Crippen LogP contribution in [0.25, 0.3) is 5.57 Å². The first-order valence-corrected chi connectivity index (χ1v) is 10.2. The minimum atomic E-state index is -0.680. The predicted octanol–water partition coefficient (Wildman–Crippen LogP) is 5.70. The fraction of sp³-hybridized carbons (Fsp3) is 0.222. The Morgan fingerprint density at radius 1 is 1.03 bits per heavy atom. The van der Waals surface area contributed by atoms with Gasteiger partial charge in [-0.15, -0.1) is 19.7 Å². The van der Waals surface area contributed by atoms with Gasteiger partial charge in [-0.2, -0.15) is 0 Å². The van der Waals surface area contributed by atoms with Crippen LogP contribution in [0.15, 0.2) is 80.4 Å². The van der Waals surface area contributed by atoms with E-state index in [1.807, 2.05) is 42.5 Å². The largest absolute Gasteiger partial charge is 0.507 e. The number of fused-ring (bicyclic) bond motifs is 3. The number of Topliss-reactive ketones (excluding diaryl/α,β-unsaturated/α-hetero) is 1. The van der Waals surface area contributed by atoms with Gasteiger partial charge in [0.05, 0.1) is 0 Å². The molecular weight excluding hydrogens is 372 g/mol. The number of phenolic OH excluding ortho intramolecular Hbond substituents is 1. The van der Waals surface area contributed by atoms with E-state index in [2.05, 4.69) is 25.8 Å². The molecule has 0 aromatic heterocycles. The summed E-state index contributed by atoms with van der Waals surface area (Å²) in [6, 6.07) is 11.5. The van der Waals surface area contributed by atoms with Crippen LogP contribution >= 0.6 is 0 Å². The first kappa shape index (κ1) is 20.0. The van der Waals surface area contributed by atoms with E-state index < -0.39 is 5.60 Å². The van der Waals surface area contributed by atoms with Crippen LogP contribution in [0.2, 0.25) is 0 Å². The molecule has 0 saturated carbocycles. The van der Waals surface area contributed by atoms with Crippen molar-refractivity contribution in [3.8, 4) is 11.5 Å². The molecule has 0 unspecified atom stereocenters. The second-order valence-electron chi connectivity index (χ2n) is 8.00. The van der Waals surface area contributed by atoms with Gasteiger partial charge in [-0.1, -0.05) is 36.4 Å². The van der Waals surface area contributed by atoms with E-state index in [1.54, 1.807) is 12.1 Å². The van der Waals surface area contributed by atoms with Gasteiger partial charge < -0.3 is 9.84 Å². The molecule has 3 nitrogen and oxygen atoms in total. The van der Waals surface area contributed by atoms with E-state index in [1.165, 1.54) is 0 Å². The van der Waals surface area contributed by atoms with Crippen molar-refractivity contribution in [1.82, 2.24) is 0 Å². The summed E-state index contributed by atoms with van der Waals surface area (Å²) in [5, 5.41) is 10.5. The van der Waals surface area contributed by atoms with Crippen LogP contribution in [0.3, 0.4) is 0 Å². The Kier molecular flexibility index (Phi) is 5.21. The molecule has 0 fully saturated rings. The molecule has 0 spiro atoms. The summed E-state index contributed by atoms with van der Waals surface area (Å²) in [5.41, 5.74) is 3.59. The number of allylic oxidation sites excluding steroid dienone is 3. The quantitative estimate of drug-likeness (QED) is 0.609. The number of hydrogen-bond acceptors (Lipinski definition) is 3. The molecule has 3 heteroatoms. The second kappa shape index (κ2) is 7.83. The molecule has 2 aromatic rings. The molecule has 0 amide bonds. The molecule has 2 atom stereocenters. The fourth-order valence-electron chi connectivity index (χ4n) is 4.62. The van der Waals surface area contributed by atoms with Gasteiger partial charge in [0.1, 0.15) is 17.1 Å². The molecule has 1 heterocycles. The van der Waals surface area contributed by atoms with E-state index in [0.717, 1.165) is 28.9 Å². The Hall–Kier alpha value is -3.33. The summed E-state index contributed by atoms with van der Waals surface area (Å²) < 4.78 is 6.47. The van der Waals surface area contributed by atoms with Crippen LogP contribution in [-0.4, -0.2) is 16.5 Å². The number of rotatable bonds is 7. The second-order valence-corrected chi connectivity index (χ2v) is 8.00. The van der Waals surface area contributed by atoms with E-state index in [0.29, 0.717) is 30.4 Å². The number of aromatic hydroxyl groups is 1. The number of hydrogen-bond donors (Lipinski definition) is 1. The summed E-state index contributed by atoms with van der Waals surface area (Å²) in [6.45, 7) is 11.5. The minimum absolute atomic E-state index is 0.0105. The summed E-state index contributed by atoms with van der Waals surface area (Å²) in [5.74, 6) is 0.837. The molecule has 0 bridgehead atoms. The minimum Gasteiger partial charge on any atom is -0.507 e. The zero-order valence-electron chi connectivity index (χ0n) is 17.1. The number of carbonyl (C=O) groups is 1. The number of phenols is 1. The van der Waals surface area contributed by atoms with Gasteiger partial charge in [-0.05, 0) is 48.2 Å². The smallest absolute Gasteiger partial charge is 0.164 e. The SMILES string of the molecule is C=CCc1ccc(O)c(C2=C[C@@]3(CC=C)Oc4ccc(CC=C)cc4[C@H]3CC2=O)c1. The van der Waals surface area contributed by atoms with E-state index in [4.69, 9.17) is 4.74 Å². The van der Waals surface area contributed by atoms with E-state index in [9.17, 15) is 9.90 Å². The molecule has 152 valence electrons. The highest BCUT2D eigenvalue weighted by Crippen LogP contribution is 2.53. The Labute approximate surface area is 177 Å². The van der Waals surface area contributed by atoms with Crippen molar-refractivity contribution in [3.63, 3.8) is 0 Å². The molecule has 2 aliphatic rings. The van der Waals surface area contributed by atoms with Crippen molar-refractivity contribution < 1.29 is 14.6 Å². The maximum atomic E-state index is 13.2. The molecule has 1 N–H and O–H groups in total. The lowest BCUT2D eigenvalue weighted by Gasteiger charge is -2.35. The lowest BCUT2D eigenvalue weighted by Crippen LogP contribution is -2.40. The van der Waals surface area contributed by atoms with Crippen LogP contribution in [0.5, 0.6) is 11.5 Å². The molecule has 0 saturated heterocycles. The van der Waals surface area contributed by atoms with Gasteiger partial charge in [0.25, 0.3) is 0 Å². The van der Waals surface area contributed by atoms with Crippen LogP contribution < -0.4 is 4.74 Å². The van der Waals surface area contributed by atoms with Crippen molar-refractivity contribution in [3.05, 3.63) is 103 Å². The maximum Gasteiger partial charge on any atom is 0.164 e. The van der Waals surface area contributed by atoms with Crippen molar-refractivity contribution in [2.24, 2.45) is 0 Å². The normalized spacial score (nSPS) is 21.8. The third-order valence-electron chi connectivity index (χ3n) is 5.99. The van der Waals surface area contributed by atoms with Gasteiger partial charge in [0, 0.05) is 35.5 Å². The van der Waals surface area contributed by atoms with Crippen molar-refractivity contribution in [2.75, 3.05) is 0 Å². The number of ketones is 1. The average Bonchev–Trinajstić information content (AvgIpc) is 3.03. The predicted molar refractivity (Wildman–Crippen MR) is 121 cm³/mol. The van der Waals surface area contributed by atoms with E-state index >= 15 is 0 Å². The topological polar surface area (TPSA) is 46.5 Å². The van der Waals surface area contributed by atoms with Gasteiger partial charge in [0.2, 0.25) is 0 Å². The van der Waals surface area contributed by atoms with Crippen molar-refractivity contribution in [2.45, 2.75) is 37.2 Å². The zero-order chi connectivity index (χ0) is 21.3. The summed E-state index contributed by atoms with van der Waals surface area (Å²) in [4.78, 5) is 13.2. The lowest BCUT2D eigenvalue weighted by molar-refractivity contribution is -0.115. The molecule has 1 aliphatic heterocycles. The third-order valence-corrected chi connectivity index (χ3v) is 5.99. The molecule has 2 aromatic carbocycles. The average molecular weight is 399 g/mol. The molecule has 1 aliphatic carbocycles. The highest BCUT2D eigenvalue weighted by Gasteiger charge is 2.50. The van der Waals surface area contributed by atoms with Gasteiger partial charge in [-0.3, -0.25) is 4.79 Å². The number of carbonyl (C=O) groups excluding carboxylic acids is 1. The van der Waals surface area contributed by atoms with Crippen LogP contribution in [0.4, 0.5) is 0 Å². The summed E-state index contributed by atoms with van der Waals surface area (Å²) in [7, 11) is 0. The van der Waals surface area contributed by atoms with Crippen LogP contribution in [-0.2, 0) is 17.6 Å². The van der Waals surface area contributed by atoms with Gasteiger partial charge in [-0.25, -0.2) is 0 Å². The molecular formula is C27H26O3. The van der Waals surface area contributed by atoms with Gasteiger partial charge >= 0.3 is 0 Å². The molecule has 0 radical (unpaired) electrons. The number of ether oxygens (including phenoxy) is 1. The third kappa shape index (κ3) is 3.30.